The number of esters is 2. The Labute approximate surface area is 158 Å². The zero-order chi connectivity index (χ0) is 19.8. The van der Waals surface area contributed by atoms with Gasteiger partial charge in [0.2, 0.25) is 0 Å². The second kappa shape index (κ2) is 9.48. The molecule has 0 aliphatic heterocycles. The van der Waals surface area contributed by atoms with Gasteiger partial charge in [-0.05, 0) is 42.7 Å². The van der Waals surface area contributed by atoms with E-state index in [9.17, 15) is 14.4 Å². The van der Waals surface area contributed by atoms with Crippen molar-refractivity contribution in [1.29, 1.82) is 0 Å². The fourth-order valence-corrected chi connectivity index (χ4v) is 2.40. The zero-order valence-electron chi connectivity index (χ0n) is 15.7. The minimum Gasteiger partial charge on any atom is -0.423 e. The summed E-state index contributed by atoms with van der Waals surface area (Å²) < 4.78 is 10.1. The molecule has 0 atom stereocenters. The minimum absolute atomic E-state index is 0.00586. The number of carbonyl (C=O) groups excluding carboxylic acids is 3. The number of rotatable bonds is 7. The van der Waals surface area contributed by atoms with Gasteiger partial charge in [0.05, 0.1) is 0 Å². The molecular formula is C22H22O5. The van der Waals surface area contributed by atoms with Gasteiger partial charge in [-0.1, -0.05) is 42.0 Å². The molecule has 0 fully saturated rings. The van der Waals surface area contributed by atoms with E-state index < -0.39 is 11.9 Å². The van der Waals surface area contributed by atoms with Crippen LogP contribution in [-0.2, 0) is 20.8 Å². The second-order valence-electron chi connectivity index (χ2n) is 6.18. The van der Waals surface area contributed by atoms with Gasteiger partial charge in [0.1, 0.15) is 0 Å². The van der Waals surface area contributed by atoms with Gasteiger partial charge in [0.25, 0.3) is 0 Å². The van der Waals surface area contributed by atoms with Gasteiger partial charge >= 0.3 is 11.9 Å². The average Bonchev–Trinajstić information content (AvgIpc) is 2.60. The number of benzene rings is 2. The van der Waals surface area contributed by atoms with E-state index in [1.54, 1.807) is 18.2 Å². The van der Waals surface area contributed by atoms with Crippen LogP contribution in [0, 0.1) is 6.92 Å². The van der Waals surface area contributed by atoms with Gasteiger partial charge in [0.15, 0.2) is 17.3 Å². The molecular weight excluding hydrogens is 344 g/mol. The lowest BCUT2D eigenvalue weighted by atomic mass is 10.1. The molecule has 0 unspecified atom stereocenters. The maximum Gasteiger partial charge on any atom is 0.308 e. The van der Waals surface area contributed by atoms with Crippen LogP contribution in [0.5, 0.6) is 11.5 Å². The van der Waals surface area contributed by atoms with Crippen molar-refractivity contribution in [2.45, 2.75) is 33.6 Å². The molecule has 0 spiro atoms. The maximum absolute atomic E-state index is 12.1. The molecule has 27 heavy (non-hydrogen) atoms. The Morgan fingerprint density at radius 1 is 0.889 bits per heavy atom. The first kappa shape index (κ1) is 20.1. The highest BCUT2D eigenvalue weighted by molar-refractivity contribution is 5.93. The highest BCUT2D eigenvalue weighted by Crippen LogP contribution is 2.29. The predicted molar refractivity (Wildman–Crippen MR) is 103 cm³/mol. The third-order valence-corrected chi connectivity index (χ3v) is 3.72. The number of hydrogen-bond donors (Lipinski definition) is 0. The van der Waals surface area contributed by atoms with Crippen LogP contribution >= 0.6 is 0 Å². The van der Waals surface area contributed by atoms with Crippen LogP contribution in [0.25, 0.3) is 6.08 Å². The van der Waals surface area contributed by atoms with E-state index in [1.807, 2.05) is 31.2 Å². The molecule has 5 heteroatoms. The van der Waals surface area contributed by atoms with Crippen LogP contribution < -0.4 is 9.47 Å². The Hall–Kier alpha value is -3.21. The number of ether oxygens (including phenoxy) is 2. The molecule has 0 aliphatic rings. The number of allylic oxidation sites excluding steroid dienone is 1. The molecule has 0 aliphatic carbocycles. The standard InChI is InChI=1S/C22H22O5/c1-15-4-6-18(7-5-15)8-11-20(25)12-9-19-10-13-21(26-16(2)23)22(14-19)27-17(3)24/h4-7,9-10,12-14H,8,11H2,1-3H3/b12-9+. The summed E-state index contributed by atoms with van der Waals surface area (Å²) in [4.78, 5) is 34.5. The molecule has 0 saturated heterocycles. The Balaban J connectivity index is 2.03. The van der Waals surface area contributed by atoms with Crippen molar-refractivity contribution < 1.29 is 23.9 Å². The third kappa shape index (κ3) is 6.90. The Morgan fingerprint density at radius 2 is 1.52 bits per heavy atom. The quantitative estimate of drug-likeness (QED) is 0.420. The lowest BCUT2D eigenvalue weighted by Gasteiger charge is -2.09. The summed E-state index contributed by atoms with van der Waals surface area (Å²) >= 11 is 0. The van der Waals surface area contributed by atoms with E-state index in [-0.39, 0.29) is 17.3 Å². The third-order valence-electron chi connectivity index (χ3n) is 3.72. The molecule has 0 radical (unpaired) electrons. The summed E-state index contributed by atoms with van der Waals surface area (Å²) in [5.74, 6) is -0.766. The first-order valence-electron chi connectivity index (χ1n) is 8.61. The minimum atomic E-state index is -0.529. The maximum atomic E-state index is 12.1. The fraction of sp³-hybridized carbons (Fsp3) is 0.227. The lowest BCUT2D eigenvalue weighted by molar-refractivity contribution is -0.134. The molecule has 0 N–H and O–H groups in total. The summed E-state index contributed by atoms with van der Waals surface area (Å²) in [5, 5.41) is 0. The SMILES string of the molecule is CC(=O)Oc1ccc(/C=C/C(=O)CCc2ccc(C)cc2)cc1OC(C)=O. The van der Waals surface area contributed by atoms with Crippen molar-refractivity contribution in [2.75, 3.05) is 0 Å². The van der Waals surface area contributed by atoms with Crippen LogP contribution in [0.3, 0.4) is 0 Å². The molecule has 2 rings (SSSR count). The first-order chi connectivity index (χ1) is 12.8. The monoisotopic (exact) mass is 366 g/mol. The fourth-order valence-electron chi connectivity index (χ4n) is 2.40. The van der Waals surface area contributed by atoms with Gasteiger partial charge in [-0.2, -0.15) is 0 Å². The highest BCUT2D eigenvalue weighted by Gasteiger charge is 2.10. The van der Waals surface area contributed by atoms with Gasteiger partial charge < -0.3 is 9.47 Å². The number of ketones is 1. The molecule has 0 aromatic heterocycles. The predicted octanol–water partition coefficient (Wildman–Crippen LogP) is 4.06. The number of carbonyl (C=O) groups is 3. The van der Waals surface area contributed by atoms with E-state index in [4.69, 9.17) is 9.47 Å². The van der Waals surface area contributed by atoms with Crippen LogP contribution in [0.4, 0.5) is 0 Å². The van der Waals surface area contributed by atoms with Crippen LogP contribution in [0.2, 0.25) is 0 Å². The molecule has 140 valence electrons. The smallest absolute Gasteiger partial charge is 0.308 e. The van der Waals surface area contributed by atoms with Crippen molar-refractivity contribution in [3.8, 4) is 11.5 Å². The molecule has 2 aromatic rings. The summed E-state index contributed by atoms with van der Waals surface area (Å²) in [6.45, 7) is 4.54. The summed E-state index contributed by atoms with van der Waals surface area (Å²) in [7, 11) is 0. The normalized spacial score (nSPS) is 10.6. The lowest BCUT2D eigenvalue weighted by Crippen LogP contribution is -2.07. The molecule has 0 heterocycles. The van der Waals surface area contributed by atoms with Crippen molar-refractivity contribution in [2.24, 2.45) is 0 Å². The first-order valence-corrected chi connectivity index (χ1v) is 8.61. The molecule has 0 saturated carbocycles. The Morgan fingerprint density at radius 3 is 2.15 bits per heavy atom. The van der Waals surface area contributed by atoms with E-state index in [0.717, 1.165) is 5.56 Å². The molecule has 0 bridgehead atoms. The Kier molecular flexibility index (Phi) is 7.06. The summed E-state index contributed by atoms with van der Waals surface area (Å²) in [5.41, 5.74) is 2.96. The summed E-state index contributed by atoms with van der Waals surface area (Å²) in [6, 6.07) is 12.8. The zero-order valence-corrected chi connectivity index (χ0v) is 15.7. The van der Waals surface area contributed by atoms with Crippen molar-refractivity contribution in [3.63, 3.8) is 0 Å². The largest absolute Gasteiger partial charge is 0.423 e. The van der Waals surface area contributed by atoms with Gasteiger partial charge in [-0.25, -0.2) is 0 Å². The summed E-state index contributed by atoms with van der Waals surface area (Å²) in [6.07, 6.45) is 4.21. The van der Waals surface area contributed by atoms with Crippen LogP contribution in [-0.4, -0.2) is 17.7 Å². The average molecular weight is 366 g/mol. The molecule has 5 nitrogen and oxygen atoms in total. The van der Waals surface area contributed by atoms with E-state index in [0.29, 0.717) is 18.4 Å². The van der Waals surface area contributed by atoms with Crippen LogP contribution in [0.1, 0.15) is 37.0 Å². The highest BCUT2D eigenvalue weighted by atomic mass is 16.6. The van der Waals surface area contributed by atoms with Crippen molar-refractivity contribution in [3.05, 3.63) is 65.2 Å². The van der Waals surface area contributed by atoms with E-state index >= 15 is 0 Å². The van der Waals surface area contributed by atoms with E-state index in [1.165, 1.54) is 31.6 Å². The Bertz CT molecular complexity index is 863. The molecule has 0 amide bonds. The molecule has 2 aromatic carbocycles. The van der Waals surface area contributed by atoms with E-state index in [2.05, 4.69) is 0 Å². The van der Waals surface area contributed by atoms with Gasteiger partial charge in [-0.15, -0.1) is 0 Å². The van der Waals surface area contributed by atoms with Crippen molar-refractivity contribution in [1.82, 2.24) is 0 Å². The van der Waals surface area contributed by atoms with Gasteiger partial charge in [-0.3, -0.25) is 14.4 Å². The van der Waals surface area contributed by atoms with Gasteiger partial charge in [0, 0.05) is 20.3 Å². The second-order valence-corrected chi connectivity index (χ2v) is 6.18. The number of hydrogen-bond acceptors (Lipinski definition) is 5. The van der Waals surface area contributed by atoms with Crippen molar-refractivity contribution >= 4 is 23.8 Å². The topological polar surface area (TPSA) is 69.7 Å². The number of aryl methyl sites for hydroxylation is 2. The van der Waals surface area contributed by atoms with Crippen LogP contribution in [0.15, 0.2) is 48.5 Å².